The summed E-state index contributed by atoms with van der Waals surface area (Å²) in [6, 6.07) is 15.3. The van der Waals surface area contributed by atoms with Gasteiger partial charge in [-0.05, 0) is 42.3 Å². The smallest absolute Gasteiger partial charge is 0.229 e. The highest BCUT2D eigenvalue weighted by molar-refractivity contribution is 8.14. The number of carbonyl (C=O) groups excluding carboxylic acids is 1. The maximum Gasteiger partial charge on any atom is 0.229 e. The highest BCUT2D eigenvalue weighted by atomic mass is 32.2. The van der Waals surface area contributed by atoms with Gasteiger partial charge in [0.25, 0.3) is 0 Å². The van der Waals surface area contributed by atoms with Crippen molar-refractivity contribution in [1.82, 2.24) is 14.8 Å². The summed E-state index contributed by atoms with van der Waals surface area (Å²) >= 11 is 2.58. The van der Waals surface area contributed by atoms with Crippen LogP contribution in [0.3, 0.4) is 0 Å². The largest absolute Gasteiger partial charge is 0.281 e. The molecule has 0 saturated carbocycles. The van der Waals surface area contributed by atoms with E-state index in [-0.39, 0.29) is 5.12 Å². The number of aromatic nitrogens is 3. The first-order chi connectivity index (χ1) is 10.8. The van der Waals surface area contributed by atoms with E-state index in [1.165, 1.54) is 11.8 Å². The van der Waals surface area contributed by atoms with E-state index < -0.39 is 0 Å². The van der Waals surface area contributed by atoms with Crippen molar-refractivity contribution in [2.24, 2.45) is 0 Å². The molecular weight excluding hydrogens is 314 g/mol. The first-order valence-electron chi connectivity index (χ1n) is 6.60. The predicted molar refractivity (Wildman–Crippen MR) is 89.8 cm³/mol. The molecule has 0 aliphatic heterocycles. The Hall–Kier alpha value is -2.05. The minimum absolute atomic E-state index is 0.0507. The zero-order valence-electron chi connectivity index (χ0n) is 11.8. The molecule has 0 bridgehead atoms. The van der Waals surface area contributed by atoms with E-state index in [4.69, 9.17) is 0 Å². The SMILES string of the molecule is CSc1nn(-c2ccccc2)cc1C(=O)Sc1ccccn1. The van der Waals surface area contributed by atoms with E-state index in [0.717, 1.165) is 22.5 Å². The highest BCUT2D eigenvalue weighted by Gasteiger charge is 2.18. The third-order valence-corrected chi connectivity index (χ3v) is 4.49. The summed E-state index contributed by atoms with van der Waals surface area (Å²) in [5.74, 6) is 0. The van der Waals surface area contributed by atoms with Crippen molar-refractivity contribution in [3.63, 3.8) is 0 Å². The van der Waals surface area contributed by atoms with E-state index in [9.17, 15) is 4.79 Å². The van der Waals surface area contributed by atoms with Crippen molar-refractivity contribution in [2.45, 2.75) is 10.1 Å². The number of hydrogen-bond donors (Lipinski definition) is 0. The van der Waals surface area contributed by atoms with Gasteiger partial charge in [-0.15, -0.1) is 11.8 Å². The van der Waals surface area contributed by atoms with Crippen LogP contribution in [-0.4, -0.2) is 26.1 Å². The summed E-state index contributed by atoms with van der Waals surface area (Å²) in [5, 5.41) is 5.84. The Bertz CT molecular complexity index is 773. The Morgan fingerprint density at radius 3 is 2.55 bits per heavy atom. The first-order valence-corrected chi connectivity index (χ1v) is 8.64. The first kappa shape index (κ1) is 14.9. The van der Waals surface area contributed by atoms with Crippen LogP contribution in [0.15, 0.2) is 71.0 Å². The summed E-state index contributed by atoms with van der Waals surface area (Å²) in [5.41, 5.74) is 1.53. The number of para-hydroxylation sites is 1. The Morgan fingerprint density at radius 2 is 1.86 bits per heavy atom. The van der Waals surface area contributed by atoms with Crippen LogP contribution >= 0.6 is 23.5 Å². The Morgan fingerprint density at radius 1 is 1.09 bits per heavy atom. The van der Waals surface area contributed by atoms with E-state index in [1.807, 2.05) is 54.8 Å². The quantitative estimate of drug-likeness (QED) is 0.680. The zero-order valence-corrected chi connectivity index (χ0v) is 13.5. The molecule has 22 heavy (non-hydrogen) atoms. The van der Waals surface area contributed by atoms with Crippen LogP contribution in [0.5, 0.6) is 0 Å². The summed E-state index contributed by atoms with van der Waals surface area (Å²) in [4.78, 5) is 16.7. The molecule has 2 heterocycles. The molecule has 0 atom stereocenters. The van der Waals surface area contributed by atoms with Crippen LogP contribution in [0.2, 0.25) is 0 Å². The Balaban J connectivity index is 1.90. The molecule has 0 N–H and O–H groups in total. The van der Waals surface area contributed by atoms with Gasteiger partial charge in [-0.2, -0.15) is 5.10 Å². The minimum atomic E-state index is -0.0507. The van der Waals surface area contributed by atoms with E-state index in [2.05, 4.69) is 10.1 Å². The highest BCUT2D eigenvalue weighted by Crippen LogP contribution is 2.27. The standard InChI is InChI=1S/C16H13N3OS2/c1-21-15-13(16(20)22-14-9-5-6-10-17-14)11-19(18-15)12-7-3-2-4-8-12/h2-11H,1H3. The van der Waals surface area contributed by atoms with E-state index in [0.29, 0.717) is 10.6 Å². The fraction of sp³-hybridized carbons (Fsp3) is 0.0625. The minimum Gasteiger partial charge on any atom is -0.281 e. The molecule has 2 aromatic heterocycles. The molecule has 0 saturated heterocycles. The average Bonchev–Trinajstić information content (AvgIpc) is 3.01. The number of thioether (sulfide) groups is 2. The Kier molecular flexibility index (Phi) is 4.60. The molecule has 3 aromatic rings. The van der Waals surface area contributed by atoms with Crippen LogP contribution in [0.1, 0.15) is 10.4 Å². The molecule has 0 aliphatic rings. The monoisotopic (exact) mass is 327 g/mol. The molecule has 0 unspecified atom stereocenters. The summed E-state index contributed by atoms with van der Waals surface area (Å²) in [6.07, 6.45) is 5.37. The molecular formula is C16H13N3OS2. The van der Waals surface area contributed by atoms with Gasteiger partial charge in [-0.25, -0.2) is 9.67 Å². The van der Waals surface area contributed by atoms with Crippen molar-refractivity contribution in [1.29, 1.82) is 0 Å². The van der Waals surface area contributed by atoms with Crippen molar-refractivity contribution in [3.8, 4) is 5.69 Å². The lowest BCUT2D eigenvalue weighted by Gasteiger charge is -1.99. The van der Waals surface area contributed by atoms with Crippen LogP contribution < -0.4 is 0 Å². The van der Waals surface area contributed by atoms with Gasteiger partial charge < -0.3 is 0 Å². The molecule has 0 spiro atoms. The van der Waals surface area contributed by atoms with Crippen LogP contribution in [0, 0.1) is 0 Å². The second kappa shape index (κ2) is 6.81. The molecule has 4 nitrogen and oxygen atoms in total. The maximum atomic E-state index is 12.5. The van der Waals surface area contributed by atoms with Crippen molar-refractivity contribution < 1.29 is 4.79 Å². The number of carbonyl (C=O) groups is 1. The number of hydrogen-bond acceptors (Lipinski definition) is 5. The number of rotatable bonds is 4. The normalized spacial score (nSPS) is 10.6. The van der Waals surface area contributed by atoms with Crippen LogP contribution in [0.25, 0.3) is 5.69 Å². The lowest BCUT2D eigenvalue weighted by molar-refractivity contribution is 0.108. The number of nitrogens with zero attached hydrogens (tertiary/aromatic N) is 3. The molecule has 110 valence electrons. The molecule has 6 heteroatoms. The summed E-state index contributed by atoms with van der Waals surface area (Å²) in [6.45, 7) is 0. The number of benzene rings is 1. The van der Waals surface area contributed by atoms with Gasteiger partial charge in [0.1, 0.15) is 10.1 Å². The van der Waals surface area contributed by atoms with Gasteiger partial charge in [0.05, 0.1) is 11.3 Å². The average molecular weight is 327 g/mol. The van der Waals surface area contributed by atoms with Gasteiger partial charge in [0.15, 0.2) is 0 Å². The fourth-order valence-corrected chi connectivity index (χ4v) is 3.23. The predicted octanol–water partition coefficient (Wildman–Crippen LogP) is 3.92. The second-order valence-electron chi connectivity index (χ2n) is 4.39. The van der Waals surface area contributed by atoms with Crippen LogP contribution in [0.4, 0.5) is 0 Å². The van der Waals surface area contributed by atoms with Gasteiger partial charge in [-0.1, -0.05) is 24.3 Å². The molecule has 0 radical (unpaired) electrons. The van der Waals surface area contributed by atoms with E-state index in [1.54, 1.807) is 17.1 Å². The lowest BCUT2D eigenvalue weighted by atomic mass is 10.3. The molecule has 0 fully saturated rings. The van der Waals surface area contributed by atoms with Gasteiger partial charge in [0.2, 0.25) is 5.12 Å². The number of pyridine rings is 1. The van der Waals surface area contributed by atoms with Crippen LogP contribution in [-0.2, 0) is 0 Å². The van der Waals surface area contributed by atoms with Crippen molar-refractivity contribution in [2.75, 3.05) is 6.26 Å². The second-order valence-corrected chi connectivity index (χ2v) is 6.18. The summed E-state index contributed by atoms with van der Waals surface area (Å²) < 4.78 is 1.73. The Labute approximate surface area is 137 Å². The van der Waals surface area contributed by atoms with E-state index >= 15 is 0 Å². The molecule has 0 amide bonds. The molecule has 3 rings (SSSR count). The summed E-state index contributed by atoms with van der Waals surface area (Å²) in [7, 11) is 0. The van der Waals surface area contributed by atoms with Gasteiger partial charge >= 0.3 is 0 Å². The zero-order chi connectivity index (χ0) is 15.4. The molecule has 0 aliphatic carbocycles. The van der Waals surface area contributed by atoms with Crippen molar-refractivity contribution >= 4 is 28.6 Å². The van der Waals surface area contributed by atoms with Gasteiger partial charge in [0, 0.05) is 12.4 Å². The van der Waals surface area contributed by atoms with Gasteiger partial charge in [-0.3, -0.25) is 4.79 Å². The van der Waals surface area contributed by atoms with Crippen molar-refractivity contribution in [3.05, 3.63) is 66.5 Å². The third kappa shape index (κ3) is 3.23. The third-order valence-electron chi connectivity index (χ3n) is 2.95. The maximum absolute atomic E-state index is 12.5. The lowest BCUT2D eigenvalue weighted by Crippen LogP contribution is -1.94. The molecule has 1 aromatic carbocycles. The fourth-order valence-electron chi connectivity index (χ4n) is 1.92. The topological polar surface area (TPSA) is 47.8 Å².